The first kappa shape index (κ1) is 18.5. The molecular weight excluding hydrogens is 341 g/mol. The second kappa shape index (κ2) is 7.51. The second-order valence-corrected chi connectivity index (χ2v) is 6.94. The van der Waals surface area contributed by atoms with Crippen LogP contribution >= 0.6 is 0 Å². The van der Waals surface area contributed by atoms with E-state index < -0.39 is 11.9 Å². The highest BCUT2D eigenvalue weighted by molar-refractivity contribution is 5.59. The third-order valence-electron chi connectivity index (χ3n) is 4.45. The molecule has 140 valence electrons. The highest BCUT2D eigenvalue weighted by Gasteiger charge is 2.34. The van der Waals surface area contributed by atoms with Gasteiger partial charge in [-0.3, -0.25) is 0 Å². The number of rotatable bonds is 4. The van der Waals surface area contributed by atoms with Crippen LogP contribution in [-0.4, -0.2) is 16.0 Å². The maximum Gasteiger partial charge on any atom is 0.433 e. The molecule has 0 spiro atoms. The third-order valence-corrected chi connectivity index (χ3v) is 4.45. The largest absolute Gasteiger partial charge is 0.433 e. The maximum absolute atomic E-state index is 13.2. The van der Waals surface area contributed by atoms with Gasteiger partial charge in [0.15, 0.2) is 5.69 Å². The lowest BCUT2D eigenvalue weighted by Gasteiger charge is -2.23. The number of alkyl halides is 3. The Hall–Kier alpha value is -2.31. The predicted octanol–water partition coefficient (Wildman–Crippen LogP) is 5.60. The van der Waals surface area contributed by atoms with Crippen LogP contribution in [-0.2, 0) is 6.18 Å². The van der Waals surface area contributed by atoms with Gasteiger partial charge in [-0.25, -0.2) is 4.98 Å². The molecule has 1 aromatic heterocycles. The fourth-order valence-electron chi connectivity index (χ4n) is 3.35. The van der Waals surface area contributed by atoms with Gasteiger partial charge in [-0.05, 0) is 49.9 Å². The Morgan fingerprint density at radius 1 is 0.923 bits per heavy atom. The second-order valence-electron chi connectivity index (χ2n) is 6.94. The number of halogens is 3. The zero-order valence-corrected chi connectivity index (χ0v) is 15.0. The van der Waals surface area contributed by atoms with Gasteiger partial charge in [0, 0.05) is 17.8 Å². The summed E-state index contributed by atoms with van der Waals surface area (Å²) in [6.07, 6.45) is 0.652. The molecule has 0 radical (unpaired) electrons. The topological polar surface area (TPSA) is 49.8 Å². The average molecular weight is 364 g/mol. The number of aromatic nitrogens is 2. The van der Waals surface area contributed by atoms with Gasteiger partial charge in [-0.1, -0.05) is 25.3 Å². The van der Waals surface area contributed by atoms with Crippen molar-refractivity contribution in [2.75, 3.05) is 10.6 Å². The summed E-state index contributed by atoms with van der Waals surface area (Å²) in [5, 5.41) is 6.06. The van der Waals surface area contributed by atoms with Crippen molar-refractivity contribution in [1.29, 1.82) is 0 Å². The van der Waals surface area contributed by atoms with Crippen molar-refractivity contribution in [3.63, 3.8) is 0 Å². The molecular formula is C19H23F3N4. The fourth-order valence-corrected chi connectivity index (χ4v) is 3.35. The minimum atomic E-state index is -4.52. The molecule has 0 saturated heterocycles. The summed E-state index contributed by atoms with van der Waals surface area (Å²) in [6.45, 7) is 3.88. The minimum absolute atomic E-state index is 0.0265. The van der Waals surface area contributed by atoms with Crippen LogP contribution in [0.5, 0.6) is 0 Å². The Labute approximate surface area is 151 Å². The summed E-state index contributed by atoms with van der Waals surface area (Å²) < 4.78 is 39.7. The molecule has 0 aliphatic heterocycles. The lowest BCUT2D eigenvalue weighted by Crippen LogP contribution is -2.24. The van der Waals surface area contributed by atoms with Gasteiger partial charge in [-0.15, -0.1) is 0 Å². The summed E-state index contributed by atoms with van der Waals surface area (Å²) in [7, 11) is 0. The molecule has 1 saturated carbocycles. The Morgan fingerprint density at radius 3 is 2.19 bits per heavy atom. The summed E-state index contributed by atoms with van der Waals surface area (Å²) in [5.74, 6) is 0.161. The van der Waals surface area contributed by atoms with Crippen molar-refractivity contribution in [3.05, 3.63) is 41.1 Å². The normalized spacial score (nSPS) is 15.7. The molecule has 1 aliphatic carbocycles. The molecule has 0 unspecified atom stereocenters. The fraction of sp³-hybridized carbons (Fsp3) is 0.474. The first-order valence-electron chi connectivity index (χ1n) is 8.88. The van der Waals surface area contributed by atoms with Crippen molar-refractivity contribution < 1.29 is 13.2 Å². The molecule has 1 fully saturated rings. The van der Waals surface area contributed by atoms with Gasteiger partial charge >= 0.3 is 6.18 Å². The summed E-state index contributed by atoms with van der Waals surface area (Å²) in [5.41, 5.74) is 1.81. The summed E-state index contributed by atoms with van der Waals surface area (Å²) >= 11 is 0. The van der Waals surface area contributed by atoms with E-state index in [2.05, 4.69) is 20.6 Å². The van der Waals surface area contributed by atoms with Crippen LogP contribution in [0.4, 0.5) is 30.6 Å². The van der Waals surface area contributed by atoms with Gasteiger partial charge in [0.1, 0.15) is 5.82 Å². The number of nitrogens with one attached hydrogen (secondary N) is 2. The van der Waals surface area contributed by atoms with E-state index in [4.69, 9.17) is 0 Å². The lowest BCUT2D eigenvalue weighted by atomic mass is 9.96. The molecule has 0 bridgehead atoms. The highest BCUT2D eigenvalue weighted by Crippen LogP contribution is 2.31. The van der Waals surface area contributed by atoms with E-state index in [0.29, 0.717) is 5.69 Å². The van der Waals surface area contributed by atoms with E-state index in [1.807, 2.05) is 32.0 Å². The monoisotopic (exact) mass is 364 g/mol. The number of hydrogen-bond acceptors (Lipinski definition) is 4. The standard InChI is InChI=1S/C19H23F3N4/c1-12-8-13(2)10-15(9-12)23-17-11-16(19(20,21)22)25-18(26-17)24-14-6-4-3-5-7-14/h8-11,14H,3-7H2,1-2H3,(H2,23,24,25,26). The number of aryl methyl sites for hydroxylation is 2. The Bertz CT molecular complexity index is 748. The van der Waals surface area contributed by atoms with Crippen molar-refractivity contribution >= 4 is 17.5 Å². The van der Waals surface area contributed by atoms with Gasteiger partial charge in [-0.2, -0.15) is 18.2 Å². The molecule has 7 heteroatoms. The van der Waals surface area contributed by atoms with E-state index in [-0.39, 0.29) is 17.8 Å². The number of nitrogens with zero attached hydrogens (tertiary/aromatic N) is 2. The number of benzene rings is 1. The molecule has 2 aromatic rings. The molecule has 3 rings (SSSR count). The van der Waals surface area contributed by atoms with Crippen molar-refractivity contribution in [3.8, 4) is 0 Å². The van der Waals surface area contributed by atoms with Gasteiger partial charge in [0.05, 0.1) is 0 Å². The maximum atomic E-state index is 13.2. The predicted molar refractivity (Wildman–Crippen MR) is 96.7 cm³/mol. The Kier molecular flexibility index (Phi) is 5.34. The summed E-state index contributed by atoms with van der Waals surface area (Å²) in [4.78, 5) is 7.95. The van der Waals surface area contributed by atoms with Crippen molar-refractivity contribution in [2.45, 2.75) is 58.2 Å². The zero-order chi connectivity index (χ0) is 18.7. The van der Waals surface area contributed by atoms with Crippen LogP contribution in [0.3, 0.4) is 0 Å². The zero-order valence-electron chi connectivity index (χ0n) is 15.0. The molecule has 1 heterocycles. The first-order valence-corrected chi connectivity index (χ1v) is 8.88. The van der Waals surface area contributed by atoms with E-state index in [1.165, 1.54) is 6.42 Å². The van der Waals surface area contributed by atoms with Crippen molar-refractivity contribution in [2.24, 2.45) is 0 Å². The molecule has 1 aliphatic rings. The molecule has 26 heavy (non-hydrogen) atoms. The highest BCUT2D eigenvalue weighted by atomic mass is 19.4. The van der Waals surface area contributed by atoms with E-state index in [1.54, 1.807) is 0 Å². The van der Waals surface area contributed by atoms with Gasteiger partial charge in [0.25, 0.3) is 0 Å². The van der Waals surface area contributed by atoms with Crippen LogP contribution < -0.4 is 10.6 Å². The van der Waals surface area contributed by atoms with Crippen LogP contribution in [0.15, 0.2) is 24.3 Å². The molecule has 2 N–H and O–H groups in total. The summed E-state index contributed by atoms with van der Waals surface area (Å²) in [6, 6.07) is 6.82. The van der Waals surface area contributed by atoms with Crippen LogP contribution in [0.25, 0.3) is 0 Å². The number of hydrogen-bond donors (Lipinski definition) is 2. The Balaban J connectivity index is 1.88. The minimum Gasteiger partial charge on any atom is -0.351 e. The molecule has 1 aromatic carbocycles. The number of anilines is 3. The molecule has 0 amide bonds. The van der Waals surface area contributed by atoms with E-state index in [0.717, 1.165) is 42.9 Å². The molecule has 0 atom stereocenters. The lowest BCUT2D eigenvalue weighted by molar-refractivity contribution is -0.141. The average Bonchev–Trinajstić information content (AvgIpc) is 2.53. The molecule has 4 nitrogen and oxygen atoms in total. The van der Waals surface area contributed by atoms with Crippen LogP contribution in [0.2, 0.25) is 0 Å². The van der Waals surface area contributed by atoms with Crippen LogP contribution in [0.1, 0.15) is 48.9 Å². The van der Waals surface area contributed by atoms with Crippen molar-refractivity contribution in [1.82, 2.24) is 9.97 Å². The van der Waals surface area contributed by atoms with E-state index >= 15 is 0 Å². The van der Waals surface area contributed by atoms with Gasteiger partial charge < -0.3 is 10.6 Å². The SMILES string of the molecule is Cc1cc(C)cc(Nc2cc(C(F)(F)F)nc(NC3CCCCC3)n2)c1. The van der Waals surface area contributed by atoms with Crippen LogP contribution in [0, 0.1) is 13.8 Å². The van der Waals surface area contributed by atoms with Gasteiger partial charge in [0.2, 0.25) is 5.95 Å². The first-order chi connectivity index (χ1) is 12.3. The smallest absolute Gasteiger partial charge is 0.351 e. The van der Waals surface area contributed by atoms with E-state index in [9.17, 15) is 13.2 Å². The third kappa shape index (κ3) is 4.86. The Morgan fingerprint density at radius 2 is 1.58 bits per heavy atom. The quantitative estimate of drug-likeness (QED) is 0.741.